The molecule has 1 aliphatic heterocycles. The maximum absolute atomic E-state index is 12.3. The molecule has 1 aliphatic rings. The van der Waals surface area contributed by atoms with E-state index in [-0.39, 0.29) is 18.2 Å². The first-order valence-corrected chi connectivity index (χ1v) is 7.79. The van der Waals surface area contributed by atoms with Crippen molar-refractivity contribution in [2.24, 2.45) is 0 Å². The number of carbonyl (C=O) groups excluding carboxylic acids is 1. The van der Waals surface area contributed by atoms with E-state index >= 15 is 0 Å². The van der Waals surface area contributed by atoms with E-state index in [9.17, 15) is 13.2 Å². The second-order valence-electron chi connectivity index (χ2n) is 4.84. The number of hydrogen-bond acceptors (Lipinski definition) is 4. The van der Waals surface area contributed by atoms with Crippen LogP contribution in [0, 0.1) is 11.3 Å². The molecule has 0 radical (unpaired) electrons. The summed E-state index contributed by atoms with van der Waals surface area (Å²) in [5.74, 6) is -0.00768. The fraction of sp³-hybridized carbons (Fsp3) is 0.833. The lowest BCUT2D eigenvalue weighted by atomic mass is 10.1. The van der Waals surface area contributed by atoms with Gasteiger partial charge >= 0.3 is 0 Å². The van der Waals surface area contributed by atoms with Crippen LogP contribution in [0.5, 0.6) is 0 Å². The molecule has 102 valence electrons. The Bertz CT molecular complexity index is 439. The highest BCUT2D eigenvalue weighted by Crippen LogP contribution is 2.24. The largest absolute Gasteiger partial charge is 0.300 e. The molecule has 2 atom stereocenters. The number of ketones is 1. The number of nitriles is 1. The monoisotopic (exact) mass is 272 g/mol. The van der Waals surface area contributed by atoms with Crippen molar-refractivity contribution >= 4 is 15.8 Å². The first-order valence-electron chi connectivity index (χ1n) is 6.29. The molecule has 1 saturated heterocycles. The highest BCUT2D eigenvalue weighted by Gasteiger charge is 2.35. The van der Waals surface area contributed by atoms with Crippen LogP contribution < -0.4 is 0 Å². The Morgan fingerprint density at radius 3 is 2.67 bits per heavy atom. The third-order valence-corrected chi connectivity index (χ3v) is 5.44. The van der Waals surface area contributed by atoms with Crippen LogP contribution in [0.2, 0.25) is 0 Å². The van der Waals surface area contributed by atoms with Gasteiger partial charge in [0.25, 0.3) is 0 Å². The predicted molar refractivity (Wildman–Crippen MR) is 68.3 cm³/mol. The summed E-state index contributed by atoms with van der Waals surface area (Å²) in [5.41, 5.74) is 0. The van der Waals surface area contributed by atoms with Gasteiger partial charge in [-0.15, -0.1) is 0 Å². The Morgan fingerprint density at radius 1 is 1.44 bits per heavy atom. The summed E-state index contributed by atoms with van der Waals surface area (Å²) < 4.78 is 25.9. The van der Waals surface area contributed by atoms with E-state index in [0.717, 1.165) is 19.3 Å². The topological polar surface area (TPSA) is 78.2 Å². The Kier molecular flexibility index (Phi) is 5.29. The minimum atomic E-state index is -3.61. The average Bonchev–Trinajstić information content (AvgIpc) is 2.52. The molecule has 0 saturated carbocycles. The molecule has 0 spiro atoms. The van der Waals surface area contributed by atoms with Gasteiger partial charge in [-0.25, -0.2) is 8.42 Å². The molecular weight excluding hydrogens is 252 g/mol. The van der Waals surface area contributed by atoms with Crippen molar-refractivity contribution in [3.05, 3.63) is 0 Å². The Labute approximate surface area is 109 Å². The van der Waals surface area contributed by atoms with Crippen LogP contribution >= 0.6 is 0 Å². The summed E-state index contributed by atoms with van der Waals surface area (Å²) in [4.78, 5) is 11.2. The molecule has 0 aromatic heterocycles. The predicted octanol–water partition coefficient (Wildman–Crippen LogP) is 1.45. The van der Waals surface area contributed by atoms with Crippen molar-refractivity contribution in [2.75, 3.05) is 6.54 Å². The van der Waals surface area contributed by atoms with Gasteiger partial charge in [-0.2, -0.15) is 9.57 Å². The van der Waals surface area contributed by atoms with Crippen molar-refractivity contribution in [3.63, 3.8) is 0 Å². The molecular formula is C12H20N2O3S. The van der Waals surface area contributed by atoms with E-state index in [4.69, 9.17) is 5.26 Å². The summed E-state index contributed by atoms with van der Waals surface area (Å²) in [6, 6.07) is 1.51. The van der Waals surface area contributed by atoms with Crippen molar-refractivity contribution < 1.29 is 13.2 Å². The van der Waals surface area contributed by atoms with Crippen molar-refractivity contribution in [3.8, 4) is 6.07 Å². The molecule has 18 heavy (non-hydrogen) atoms. The molecule has 0 bridgehead atoms. The van der Waals surface area contributed by atoms with Crippen LogP contribution in [-0.4, -0.2) is 36.3 Å². The summed E-state index contributed by atoms with van der Waals surface area (Å²) in [6.45, 7) is 3.29. The SMILES string of the molecule is CC(=O)CC1CCCCCN1S(=O)(=O)C(C)C#N. The first-order chi connectivity index (χ1) is 8.39. The van der Waals surface area contributed by atoms with Crippen LogP contribution in [0.25, 0.3) is 0 Å². The van der Waals surface area contributed by atoms with Crippen molar-refractivity contribution in [1.29, 1.82) is 5.26 Å². The van der Waals surface area contributed by atoms with E-state index in [1.165, 1.54) is 18.2 Å². The minimum Gasteiger partial charge on any atom is -0.300 e. The molecule has 6 heteroatoms. The van der Waals surface area contributed by atoms with Crippen molar-refractivity contribution in [1.82, 2.24) is 4.31 Å². The Hall–Kier alpha value is -0.930. The molecule has 5 nitrogen and oxygen atoms in total. The standard InChI is InChI=1S/C12H20N2O3S/c1-10(15)8-12-6-4-3-5-7-14(12)18(16,17)11(2)9-13/h11-12H,3-8H2,1-2H3. The van der Waals surface area contributed by atoms with Crippen LogP contribution in [0.15, 0.2) is 0 Å². The fourth-order valence-electron chi connectivity index (χ4n) is 2.29. The number of rotatable bonds is 4. The molecule has 1 heterocycles. The van der Waals surface area contributed by atoms with Crippen molar-refractivity contribution in [2.45, 2.75) is 57.2 Å². The Balaban J connectivity index is 2.99. The van der Waals surface area contributed by atoms with Gasteiger partial charge in [-0.1, -0.05) is 12.8 Å². The Morgan fingerprint density at radius 2 is 2.11 bits per heavy atom. The summed E-state index contributed by atoms with van der Waals surface area (Å²) in [7, 11) is -3.61. The van der Waals surface area contributed by atoms with Crippen LogP contribution in [0.3, 0.4) is 0 Å². The first kappa shape index (κ1) is 15.1. The van der Waals surface area contributed by atoms with Crippen LogP contribution in [0.4, 0.5) is 0 Å². The number of carbonyl (C=O) groups is 1. The van der Waals surface area contributed by atoms with Crippen LogP contribution in [0.1, 0.15) is 46.0 Å². The molecule has 0 amide bonds. The lowest BCUT2D eigenvalue weighted by Crippen LogP contribution is -2.44. The second kappa shape index (κ2) is 6.30. The molecule has 0 aromatic carbocycles. The molecule has 1 rings (SSSR count). The quantitative estimate of drug-likeness (QED) is 0.776. The zero-order valence-corrected chi connectivity index (χ0v) is 11.7. The maximum Gasteiger partial charge on any atom is 0.230 e. The van der Waals surface area contributed by atoms with Gasteiger partial charge in [-0.05, 0) is 26.7 Å². The second-order valence-corrected chi connectivity index (χ2v) is 7.04. The molecule has 0 aromatic rings. The maximum atomic E-state index is 12.3. The number of Topliss-reactive ketones (excluding diaryl/α,β-unsaturated/α-hetero) is 1. The van der Waals surface area contributed by atoms with E-state index < -0.39 is 15.3 Å². The van der Waals surface area contributed by atoms with Gasteiger partial charge in [0.05, 0.1) is 6.07 Å². The van der Waals surface area contributed by atoms with Gasteiger partial charge in [0.1, 0.15) is 5.78 Å². The third-order valence-electron chi connectivity index (χ3n) is 3.30. The summed E-state index contributed by atoms with van der Waals surface area (Å²) in [6.07, 6.45) is 3.66. The molecule has 2 unspecified atom stereocenters. The van der Waals surface area contributed by atoms with Gasteiger partial charge in [0.2, 0.25) is 10.0 Å². The van der Waals surface area contributed by atoms with E-state index in [2.05, 4.69) is 0 Å². The van der Waals surface area contributed by atoms with E-state index in [0.29, 0.717) is 13.0 Å². The zero-order valence-electron chi connectivity index (χ0n) is 10.9. The van der Waals surface area contributed by atoms with Crippen LogP contribution in [-0.2, 0) is 14.8 Å². The average molecular weight is 272 g/mol. The third kappa shape index (κ3) is 3.53. The van der Waals surface area contributed by atoms with Gasteiger partial charge in [-0.3, -0.25) is 4.79 Å². The fourth-order valence-corrected chi connectivity index (χ4v) is 3.81. The van der Waals surface area contributed by atoms with E-state index in [1.807, 2.05) is 0 Å². The minimum absolute atomic E-state index is 0.00768. The number of nitrogens with zero attached hydrogens (tertiary/aromatic N) is 2. The smallest absolute Gasteiger partial charge is 0.230 e. The molecule has 1 fully saturated rings. The molecule has 0 N–H and O–H groups in total. The lowest BCUT2D eigenvalue weighted by molar-refractivity contribution is -0.117. The number of sulfonamides is 1. The highest BCUT2D eigenvalue weighted by molar-refractivity contribution is 7.90. The summed E-state index contributed by atoms with van der Waals surface area (Å²) in [5, 5.41) is 7.77. The normalized spacial score (nSPS) is 23.9. The van der Waals surface area contributed by atoms with Gasteiger partial charge in [0, 0.05) is 19.0 Å². The number of hydrogen-bond donors (Lipinski definition) is 0. The molecule has 0 aliphatic carbocycles. The van der Waals surface area contributed by atoms with E-state index in [1.54, 1.807) is 6.07 Å². The van der Waals surface area contributed by atoms with Gasteiger partial charge in [0.15, 0.2) is 5.25 Å². The highest BCUT2D eigenvalue weighted by atomic mass is 32.2. The van der Waals surface area contributed by atoms with Gasteiger partial charge < -0.3 is 0 Å². The summed E-state index contributed by atoms with van der Waals surface area (Å²) >= 11 is 0. The lowest BCUT2D eigenvalue weighted by Gasteiger charge is -2.29. The zero-order chi connectivity index (χ0) is 13.8.